The second kappa shape index (κ2) is 5.48. The van der Waals surface area contributed by atoms with Crippen molar-refractivity contribution in [3.8, 4) is 6.07 Å². The Labute approximate surface area is 107 Å². The Morgan fingerprint density at radius 2 is 1.56 bits per heavy atom. The summed E-state index contributed by atoms with van der Waals surface area (Å²) in [4.78, 5) is 0. The number of benzene rings is 2. The molecule has 0 bridgehead atoms. The van der Waals surface area contributed by atoms with Crippen molar-refractivity contribution in [3.63, 3.8) is 0 Å². The van der Waals surface area contributed by atoms with E-state index in [0.29, 0.717) is 0 Å². The van der Waals surface area contributed by atoms with Crippen molar-refractivity contribution in [1.29, 1.82) is 5.26 Å². The predicted molar refractivity (Wildman–Crippen MR) is 70.9 cm³/mol. The maximum Gasteiger partial charge on any atom is 0.101 e. The van der Waals surface area contributed by atoms with Gasteiger partial charge in [-0.15, -0.1) is 0 Å². The molecular weight excluding hydrogens is 222 g/mol. The van der Waals surface area contributed by atoms with Crippen LogP contribution in [0.25, 0.3) is 0 Å². The van der Waals surface area contributed by atoms with Crippen LogP contribution in [0.15, 0.2) is 54.6 Å². The highest BCUT2D eigenvalue weighted by molar-refractivity contribution is 5.32. The van der Waals surface area contributed by atoms with Crippen LogP contribution in [0.3, 0.4) is 0 Å². The van der Waals surface area contributed by atoms with Crippen LogP contribution in [0.5, 0.6) is 0 Å². The second-order valence-electron chi connectivity index (χ2n) is 4.37. The van der Waals surface area contributed by atoms with Crippen LogP contribution in [0.4, 0.5) is 0 Å². The van der Waals surface area contributed by atoms with Crippen LogP contribution in [0.1, 0.15) is 28.7 Å². The number of rotatable bonds is 3. The van der Waals surface area contributed by atoms with Crippen LogP contribution in [-0.4, -0.2) is 5.11 Å². The summed E-state index contributed by atoms with van der Waals surface area (Å²) >= 11 is 0. The van der Waals surface area contributed by atoms with Crippen molar-refractivity contribution >= 4 is 0 Å². The first-order valence-corrected chi connectivity index (χ1v) is 5.91. The minimum atomic E-state index is -0.793. The van der Waals surface area contributed by atoms with Gasteiger partial charge in [0.15, 0.2) is 0 Å². The fourth-order valence-electron chi connectivity index (χ4n) is 1.94. The molecular formula is C16H15NO. The minimum Gasteiger partial charge on any atom is -0.387 e. The van der Waals surface area contributed by atoms with Crippen molar-refractivity contribution in [1.82, 2.24) is 0 Å². The predicted octanol–water partition coefficient (Wildman–Crippen LogP) is 3.34. The van der Waals surface area contributed by atoms with Crippen LogP contribution in [0.2, 0.25) is 0 Å². The van der Waals surface area contributed by atoms with Gasteiger partial charge >= 0.3 is 0 Å². The molecule has 0 aliphatic rings. The van der Waals surface area contributed by atoms with E-state index in [1.165, 1.54) is 0 Å². The molecule has 0 aromatic heterocycles. The summed E-state index contributed by atoms with van der Waals surface area (Å²) < 4.78 is 0. The highest BCUT2D eigenvalue weighted by atomic mass is 16.3. The Bertz CT molecular complexity index is 540. The van der Waals surface area contributed by atoms with E-state index in [2.05, 4.69) is 6.07 Å². The highest BCUT2D eigenvalue weighted by Crippen LogP contribution is 2.30. The molecule has 0 amide bonds. The van der Waals surface area contributed by atoms with Gasteiger partial charge in [0, 0.05) is 0 Å². The lowest BCUT2D eigenvalue weighted by atomic mass is 9.90. The zero-order valence-electron chi connectivity index (χ0n) is 10.2. The lowest BCUT2D eigenvalue weighted by Crippen LogP contribution is -2.09. The molecule has 2 nitrogen and oxygen atoms in total. The summed E-state index contributed by atoms with van der Waals surface area (Å²) in [6.45, 7) is 2.00. The van der Waals surface area contributed by atoms with E-state index in [-0.39, 0.29) is 0 Å². The molecule has 1 N–H and O–H groups in total. The molecule has 0 spiro atoms. The van der Waals surface area contributed by atoms with E-state index in [4.69, 9.17) is 0 Å². The Hall–Kier alpha value is -2.11. The summed E-state index contributed by atoms with van der Waals surface area (Å²) in [5.74, 6) is -0.534. The summed E-state index contributed by atoms with van der Waals surface area (Å²) in [5, 5.41) is 19.6. The molecule has 0 aliphatic heterocycles. The number of aliphatic hydroxyl groups excluding tert-OH is 1. The summed E-state index contributed by atoms with van der Waals surface area (Å²) in [7, 11) is 0. The second-order valence-corrected chi connectivity index (χ2v) is 4.37. The maximum absolute atomic E-state index is 10.3. The number of aryl methyl sites for hydroxylation is 1. The fourth-order valence-corrected chi connectivity index (χ4v) is 1.94. The molecule has 0 saturated heterocycles. The van der Waals surface area contributed by atoms with Crippen molar-refractivity contribution in [2.45, 2.75) is 18.9 Å². The third-order valence-electron chi connectivity index (χ3n) is 3.03. The van der Waals surface area contributed by atoms with Gasteiger partial charge in [0.25, 0.3) is 0 Å². The lowest BCUT2D eigenvalue weighted by Gasteiger charge is -2.17. The highest BCUT2D eigenvalue weighted by Gasteiger charge is 2.22. The number of hydrogen-bond donors (Lipinski definition) is 1. The van der Waals surface area contributed by atoms with E-state index in [9.17, 15) is 10.4 Å². The molecule has 2 aromatic carbocycles. The topological polar surface area (TPSA) is 44.0 Å². The van der Waals surface area contributed by atoms with E-state index >= 15 is 0 Å². The molecule has 0 saturated carbocycles. The fraction of sp³-hybridized carbons (Fsp3) is 0.188. The van der Waals surface area contributed by atoms with Crippen molar-refractivity contribution < 1.29 is 5.11 Å². The molecule has 2 rings (SSSR count). The van der Waals surface area contributed by atoms with Gasteiger partial charge in [0.2, 0.25) is 0 Å². The normalized spacial score (nSPS) is 13.6. The molecule has 0 radical (unpaired) electrons. The van der Waals surface area contributed by atoms with Crippen LogP contribution in [0, 0.1) is 18.3 Å². The average Bonchev–Trinajstić information content (AvgIpc) is 2.42. The van der Waals surface area contributed by atoms with Crippen LogP contribution in [-0.2, 0) is 0 Å². The maximum atomic E-state index is 10.3. The van der Waals surface area contributed by atoms with Crippen molar-refractivity contribution in [2.24, 2.45) is 0 Å². The molecule has 0 aliphatic carbocycles. The van der Waals surface area contributed by atoms with Crippen LogP contribution >= 0.6 is 0 Å². The monoisotopic (exact) mass is 237 g/mol. The zero-order chi connectivity index (χ0) is 13.0. The molecule has 2 atom stereocenters. The van der Waals surface area contributed by atoms with Crippen molar-refractivity contribution in [3.05, 3.63) is 71.3 Å². The van der Waals surface area contributed by atoms with Gasteiger partial charge < -0.3 is 5.11 Å². The van der Waals surface area contributed by atoms with Gasteiger partial charge in [-0.2, -0.15) is 5.26 Å². The van der Waals surface area contributed by atoms with E-state index in [1.54, 1.807) is 0 Å². The molecule has 0 unspecified atom stereocenters. The Morgan fingerprint density at radius 1 is 0.944 bits per heavy atom. The number of nitriles is 1. The first kappa shape index (κ1) is 12.3. The standard InChI is InChI=1S/C16H15NO/c1-12-7-9-13(10-8-12)15(11-17)16(18)14-5-3-2-4-6-14/h2-10,15-16,18H,1H3/t15-,16-/m0/s1. The van der Waals surface area contributed by atoms with Gasteiger partial charge in [-0.1, -0.05) is 60.2 Å². The number of hydrogen-bond acceptors (Lipinski definition) is 2. The minimum absolute atomic E-state index is 0.534. The van der Waals surface area contributed by atoms with E-state index < -0.39 is 12.0 Å². The third-order valence-corrected chi connectivity index (χ3v) is 3.03. The average molecular weight is 237 g/mol. The Kier molecular flexibility index (Phi) is 3.76. The van der Waals surface area contributed by atoms with E-state index in [1.807, 2.05) is 61.5 Å². The van der Waals surface area contributed by atoms with Crippen LogP contribution < -0.4 is 0 Å². The van der Waals surface area contributed by atoms with E-state index in [0.717, 1.165) is 16.7 Å². The molecule has 90 valence electrons. The summed E-state index contributed by atoms with van der Waals surface area (Å²) in [5.41, 5.74) is 2.76. The molecule has 2 heteroatoms. The SMILES string of the molecule is Cc1ccc([C@H](C#N)[C@@H](O)c2ccccc2)cc1. The first-order valence-electron chi connectivity index (χ1n) is 5.91. The van der Waals surface area contributed by atoms with Crippen molar-refractivity contribution in [2.75, 3.05) is 0 Å². The third kappa shape index (κ3) is 2.58. The summed E-state index contributed by atoms with van der Waals surface area (Å²) in [6, 6.07) is 19.2. The molecule has 0 fully saturated rings. The van der Waals surface area contributed by atoms with Gasteiger partial charge in [0.1, 0.15) is 5.92 Å². The molecule has 0 heterocycles. The molecule has 2 aromatic rings. The van der Waals surface area contributed by atoms with Gasteiger partial charge in [0.05, 0.1) is 12.2 Å². The lowest BCUT2D eigenvalue weighted by molar-refractivity contribution is 0.164. The number of aliphatic hydroxyl groups is 1. The van der Waals surface area contributed by atoms with Gasteiger partial charge in [-0.05, 0) is 18.1 Å². The van der Waals surface area contributed by atoms with Gasteiger partial charge in [-0.3, -0.25) is 0 Å². The Balaban J connectivity index is 2.30. The van der Waals surface area contributed by atoms with Gasteiger partial charge in [-0.25, -0.2) is 0 Å². The quantitative estimate of drug-likeness (QED) is 0.889. The molecule has 18 heavy (non-hydrogen) atoms. The Morgan fingerprint density at radius 3 is 2.11 bits per heavy atom. The number of nitrogens with zero attached hydrogens (tertiary/aromatic N) is 1. The first-order chi connectivity index (χ1) is 8.72. The smallest absolute Gasteiger partial charge is 0.101 e. The summed E-state index contributed by atoms with van der Waals surface area (Å²) in [6.07, 6.45) is -0.793. The zero-order valence-corrected chi connectivity index (χ0v) is 10.2. The largest absolute Gasteiger partial charge is 0.387 e.